The number of nitrogens with zero attached hydrogens (tertiary/aromatic N) is 1. The smallest absolute Gasteiger partial charge is 0.231 e. The standard InChI is InChI=1S/C18H14F3N.C6H12N2O2/c19-12-6-4-11(5-7-12)17-16(10-2-1-3-10)14-8-13(20)9-15(21)18(14)22-17;7-6(9)5-8-1-3-10-4-2-8/h4-10,22H,1-3H2;1-5H2,(H2,7,9). The number of carbonyl (C=O) groups is 1. The molecule has 0 spiro atoms. The van der Waals surface area contributed by atoms with Gasteiger partial charge in [0.1, 0.15) is 17.5 Å². The van der Waals surface area contributed by atoms with E-state index < -0.39 is 11.6 Å². The van der Waals surface area contributed by atoms with Crippen LogP contribution in [0.5, 0.6) is 0 Å². The Kier molecular flexibility index (Phi) is 6.81. The van der Waals surface area contributed by atoms with Crippen molar-refractivity contribution in [2.45, 2.75) is 25.2 Å². The van der Waals surface area contributed by atoms with Crippen LogP contribution in [-0.2, 0) is 9.53 Å². The van der Waals surface area contributed by atoms with Crippen LogP contribution in [0.3, 0.4) is 0 Å². The molecule has 1 amide bonds. The second-order valence-corrected chi connectivity index (χ2v) is 8.21. The molecule has 1 aliphatic heterocycles. The number of carbonyl (C=O) groups excluding carboxylic acids is 1. The van der Waals surface area contributed by atoms with Crippen LogP contribution in [0.15, 0.2) is 36.4 Å². The molecular weight excluding hydrogens is 419 g/mol. The molecule has 32 heavy (non-hydrogen) atoms. The molecule has 1 saturated heterocycles. The number of aromatic amines is 1. The first kappa shape index (κ1) is 22.4. The number of nitrogens with one attached hydrogen (secondary N) is 1. The van der Waals surface area contributed by atoms with Crippen molar-refractivity contribution in [1.82, 2.24) is 9.88 Å². The normalized spacial score (nSPS) is 17.0. The van der Waals surface area contributed by atoms with Gasteiger partial charge in [-0.05, 0) is 60.2 Å². The Balaban J connectivity index is 0.000000207. The van der Waals surface area contributed by atoms with Crippen LogP contribution in [0.4, 0.5) is 13.2 Å². The van der Waals surface area contributed by atoms with Gasteiger partial charge >= 0.3 is 0 Å². The maximum absolute atomic E-state index is 14.1. The number of halogens is 3. The molecule has 8 heteroatoms. The molecule has 2 aliphatic rings. The number of rotatable bonds is 4. The van der Waals surface area contributed by atoms with Gasteiger partial charge in [-0.3, -0.25) is 9.69 Å². The van der Waals surface area contributed by atoms with Crippen LogP contribution in [0.2, 0.25) is 0 Å². The molecule has 2 fully saturated rings. The van der Waals surface area contributed by atoms with E-state index in [0.717, 1.165) is 55.2 Å². The van der Waals surface area contributed by atoms with Crippen molar-refractivity contribution in [3.8, 4) is 11.3 Å². The highest BCUT2D eigenvalue weighted by molar-refractivity contribution is 5.92. The number of morpholine rings is 1. The van der Waals surface area contributed by atoms with Crippen molar-refractivity contribution in [3.05, 3.63) is 59.4 Å². The number of primary amides is 1. The molecule has 5 rings (SSSR count). The summed E-state index contributed by atoms with van der Waals surface area (Å²) in [5.41, 5.74) is 7.83. The number of hydrogen-bond donors (Lipinski definition) is 2. The topological polar surface area (TPSA) is 71.4 Å². The van der Waals surface area contributed by atoms with E-state index in [0.29, 0.717) is 36.6 Å². The third kappa shape index (κ3) is 4.97. The fraction of sp³-hybridized carbons (Fsp3) is 0.375. The van der Waals surface area contributed by atoms with E-state index in [9.17, 15) is 18.0 Å². The molecule has 1 saturated carbocycles. The number of H-pyrrole nitrogens is 1. The van der Waals surface area contributed by atoms with Crippen molar-refractivity contribution < 1.29 is 22.7 Å². The molecule has 2 aromatic carbocycles. The minimum atomic E-state index is -0.594. The molecule has 1 aromatic heterocycles. The predicted molar refractivity (Wildman–Crippen MR) is 117 cm³/mol. The Hall–Kier alpha value is -2.84. The van der Waals surface area contributed by atoms with Gasteiger partial charge in [-0.2, -0.15) is 0 Å². The summed E-state index contributed by atoms with van der Waals surface area (Å²) >= 11 is 0. The zero-order valence-corrected chi connectivity index (χ0v) is 17.7. The Bertz CT molecular complexity index is 1090. The lowest BCUT2D eigenvalue weighted by molar-refractivity contribution is -0.120. The largest absolute Gasteiger partial charge is 0.379 e. The van der Waals surface area contributed by atoms with Crippen LogP contribution >= 0.6 is 0 Å². The van der Waals surface area contributed by atoms with Crippen molar-refractivity contribution in [2.24, 2.45) is 5.73 Å². The quantitative estimate of drug-likeness (QED) is 0.628. The Morgan fingerprint density at radius 2 is 1.75 bits per heavy atom. The summed E-state index contributed by atoms with van der Waals surface area (Å²) in [5, 5.41) is 0.599. The van der Waals surface area contributed by atoms with E-state index in [2.05, 4.69) is 4.98 Å². The van der Waals surface area contributed by atoms with E-state index in [1.165, 1.54) is 18.2 Å². The molecule has 0 unspecified atom stereocenters. The number of nitrogens with two attached hydrogens (primary N) is 1. The minimum Gasteiger partial charge on any atom is -0.379 e. The van der Waals surface area contributed by atoms with Crippen LogP contribution in [0.25, 0.3) is 22.2 Å². The fourth-order valence-corrected chi connectivity index (χ4v) is 4.18. The lowest BCUT2D eigenvalue weighted by Crippen LogP contribution is -2.41. The van der Waals surface area contributed by atoms with Gasteiger partial charge in [-0.25, -0.2) is 13.2 Å². The van der Waals surface area contributed by atoms with Crippen molar-refractivity contribution in [1.29, 1.82) is 0 Å². The Morgan fingerprint density at radius 3 is 2.34 bits per heavy atom. The van der Waals surface area contributed by atoms with Gasteiger partial charge < -0.3 is 15.5 Å². The van der Waals surface area contributed by atoms with Crippen molar-refractivity contribution >= 4 is 16.8 Å². The molecule has 2 heterocycles. The summed E-state index contributed by atoms with van der Waals surface area (Å²) in [6.45, 7) is 3.44. The summed E-state index contributed by atoms with van der Waals surface area (Å²) in [4.78, 5) is 15.5. The second kappa shape index (κ2) is 9.75. The van der Waals surface area contributed by atoms with E-state index in [-0.39, 0.29) is 11.7 Å². The molecule has 5 nitrogen and oxygen atoms in total. The average molecular weight is 445 g/mol. The molecule has 0 atom stereocenters. The first-order chi connectivity index (χ1) is 15.4. The van der Waals surface area contributed by atoms with E-state index in [1.807, 2.05) is 4.90 Å². The lowest BCUT2D eigenvalue weighted by Gasteiger charge is -2.26. The first-order valence-corrected chi connectivity index (χ1v) is 10.8. The van der Waals surface area contributed by atoms with E-state index in [4.69, 9.17) is 10.5 Å². The first-order valence-electron chi connectivity index (χ1n) is 10.8. The molecule has 3 N–H and O–H groups in total. The SMILES string of the molecule is Fc1ccc(-c2[nH]c3c(F)cc(F)cc3c2C2CCC2)cc1.NC(=O)CN1CCOCC1. The fourth-order valence-electron chi connectivity index (χ4n) is 4.18. The van der Waals surface area contributed by atoms with Gasteiger partial charge in [-0.15, -0.1) is 0 Å². The maximum Gasteiger partial charge on any atom is 0.231 e. The molecule has 170 valence electrons. The third-order valence-corrected chi connectivity index (χ3v) is 5.99. The predicted octanol–water partition coefficient (Wildman–Crippen LogP) is 4.32. The van der Waals surface area contributed by atoms with Crippen molar-refractivity contribution in [2.75, 3.05) is 32.8 Å². The number of amides is 1. The highest BCUT2D eigenvalue weighted by Gasteiger charge is 2.27. The number of hydrogen-bond acceptors (Lipinski definition) is 3. The van der Waals surface area contributed by atoms with Gasteiger partial charge in [-0.1, -0.05) is 6.42 Å². The van der Waals surface area contributed by atoms with Gasteiger partial charge in [0.25, 0.3) is 0 Å². The van der Waals surface area contributed by atoms with Gasteiger partial charge in [0.15, 0.2) is 0 Å². The van der Waals surface area contributed by atoms with E-state index in [1.54, 1.807) is 12.1 Å². The minimum absolute atomic E-state index is 0.262. The second-order valence-electron chi connectivity index (χ2n) is 8.21. The average Bonchev–Trinajstić information content (AvgIpc) is 3.08. The zero-order valence-electron chi connectivity index (χ0n) is 17.7. The van der Waals surface area contributed by atoms with E-state index >= 15 is 0 Å². The zero-order chi connectivity index (χ0) is 22.7. The van der Waals surface area contributed by atoms with Crippen LogP contribution in [0, 0.1) is 17.5 Å². The molecule has 3 aromatic rings. The molecule has 0 bridgehead atoms. The highest BCUT2D eigenvalue weighted by atomic mass is 19.1. The van der Waals surface area contributed by atoms with Crippen LogP contribution in [-0.4, -0.2) is 48.6 Å². The number of benzene rings is 2. The summed E-state index contributed by atoms with van der Waals surface area (Å²) in [6.07, 6.45) is 3.15. The molecule has 0 radical (unpaired) electrons. The Morgan fingerprint density at radius 1 is 1.06 bits per heavy atom. The summed E-state index contributed by atoms with van der Waals surface area (Å²) in [7, 11) is 0. The van der Waals surface area contributed by atoms with Gasteiger partial charge in [0.05, 0.1) is 31.0 Å². The van der Waals surface area contributed by atoms with Crippen LogP contribution in [0.1, 0.15) is 30.7 Å². The molecular formula is C24H26F3N3O2. The maximum atomic E-state index is 14.1. The number of aromatic nitrogens is 1. The number of fused-ring (bicyclic) bond motifs is 1. The monoisotopic (exact) mass is 445 g/mol. The molecule has 1 aliphatic carbocycles. The van der Waals surface area contributed by atoms with Gasteiger partial charge in [0.2, 0.25) is 5.91 Å². The number of ether oxygens (including phenoxy) is 1. The highest BCUT2D eigenvalue weighted by Crippen LogP contribution is 2.45. The summed E-state index contributed by atoms with van der Waals surface area (Å²) in [6, 6.07) is 8.35. The lowest BCUT2D eigenvalue weighted by atomic mass is 9.78. The summed E-state index contributed by atoms with van der Waals surface area (Å²) < 4.78 is 45.9. The third-order valence-electron chi connectivity index (χ3n) is 5.99. The summed E-state index contributed by atoms with van der Waals surface area (Å²) in [5.74, 6) is -1.45. The van der Waals surface area contributed by atoms with Crippen molar-refractivity contribution in [3.63, 3.8) is 0 Å². The Labute approximate surface area is 184 Å². The van der Waals surface area contributed by atoms with Gasteiger partial charge in [0, 0.05) is 24.5 Å². The van der Waals surface area contributed by atoms with Crippen LogP contribution < -0.4 is 5.73 Å².